The Hall–Kier alpha value is -0.440. The van der Waals surface area contributed by atoms with Gasteiger partial charge >= 0.3 is 0 Å². The highest BCUT2D eigenvalue weighted by Gasteiger charge is 2.13. The van der Waals surface area contributed by atoms with Gasteiger partial charge in [-0.2, -0.15) is 0 Å². The third-order valence-electron chi connectivity index (χ3n) is 1.12. The Morgan fingerprint density at radius 2 is 1.90 bits per heavy atom. The van der Waals surface area contributed by atoms with E-state index in [0.717, 1.165) is 5.70 Å². The highest BCUT2D eigenvalue weighted by Crippen LogP contribution is 2.24. The molecular formula is C7H14N2S. The van der Waals surface area contributed by atoms with E-state index in [1.54, 1.807) is 0 Å². The third-order valence-corrected chi connectivity index (χ3v) is 1.22. The van der Waals surface area contributed by atoms with Gasteiger partial charge in [0.15, 0.2) is 5.17 Å². The molecule has 0 aliphatic rings. The molecule has 0 aliphatic carbocycles. The van der Waals surface area contributed by atoms with Gasteiger partial charge in [-0.15, -0.1) is 12.6 Å². The molecule has 0 rings (SSSR count). The second-order valence-corrected chi connectivity index (χ2v) is 3.62. The van der Waals surface area contributed by atoms with Gasteiger partial charge in [-0.1, -0.05) is 27.4 Å². The molecule has 0 atom stereocenters. The second kappa shape index (κ2) is 3.10. The maximum Gasteiger partial charge on any atom is 0.155 e. The number of hydrogen-bond acceptors (Lipinski definition) is 1. The van der Waals surface area contributed by atoms with Gasteiger partial charge in [0.05, 0.1) is 0 Å². The predicted molar refractivity (Wildman–Crippen MR) is 49.2 cm³/mol. The monoisotopic (exact) mass is 158 g/mol. The number of rotatable bonds is 1. The number of hydrogen-bond donors (Lipinski definition) is 2. The fourth-order valence-electron chi connectivity index (χ4n) is 0.306. The summed E-state index contributed by atoms with van der Waals surface area (Å²) in [7, 11) is 0. The lowest BCUT2D eigenvalue weighted by Gasteiger charge is -2.17. The minimum atomic E-state index is -0.0205. The van der Waals surface area contributed by atoms with Crippen molar-refractivity contribution in [3.63, 3.8) is 0 Å². The average Bonchev–Trinajstić information content (AvgIpc) is 1.60. The first-order valence-corrected chi connectivity index (χ1v) is 3.51. The quantitative estimate of drug-likeness (QED) is 0.341. The zero-order chi connectivity index (χ0) is 8.36. The van der Waals surface area contributed by atoms with Crippen LogP contribution < -0.4 is 5.73 Å². The van der Waals surface area contributed by atoms with Gasteiger partial charge in [-0.05, 0) is 0 Å². The van der Waals surface area contributed by atoms with Crippen LogP contribution in [0.4, 0.5) is 0 Å². The zero-order valence-corrected chi connectivity index (χ0v) is 7.57. The van der Waals surface area contributed by atoms with E-state index in [9.17, 15) is 0 Å². The molecule has 0 bridgehead atoms. The molecule has 0 radical (unpaired) electrons. The fourth-order valence-corrected chi connectivity index (χ4v) is 0.427. The molecule has 0 spiro atoms. The highest BCUT2D eigenvalue weighted by atomic mass is 32.1. The molecule has 0 heterocycles. The van der Waals surface area contributed by atoms with Crippen LogP contribution in [0.3, 0.4) is 0 Å². The molecule has 0 unspecified atom stereocenters. The van der Waals surface area contributed by atoms with Gasteiger partial charge in [0, 0.05) is 11.1 Å². The van der Waals surface area contributed by atoms with Crippen LogP contribution in [-0.2, 0) is 0 Å². The molecule has 0 fully saturated rings. The van der Waals surface area contributed by atoms with Crippen molar-refractivity contribution in [3.8, 4) is 0 Å². The molecule has 0 saturated carbocycles. The lowest BCUT2D eigenvalue weighted by molar-refractivity contribution is 0.501. The normalized spacial score (nSPS) is 13.4. The van der Waals surface area contributed by atoms with E-state index in [2.05, 4.69) is 24.2 Å². The van der Waals surface area contributed by atoms with E-state index in [0.29, 0.717) is 0 Å². The Kier molecular flexibility index (Phi) is 2.96. The van der Waals surface area contributed by atoms with E-state index in [1.165, 1.54) is 0 Å². The summed E-state index contributed by atoms with van der Waals surface area (Å²) in [6.45, 7) is 9.82. The second-order valence-electron chi connectivity index (χ2n) is 3.17. The van der Waals surface area contributed by atoms with Gasteiger partial charge in [0.25, 0.3) is 0 Å². The van der Waals surface area contributed by atoms with Gasteiger partial charge < -0.3 is 5.73 Å². The van der Waals surface area contributed by atoms with Crippen LogP contribution >= 0.6 is 12.6 Å². The number of allylic oxidation sites excluding steroid dienone is 1. The standard InChI is InChI=1S/C7H14N2S/c1-5(7(2,3)4)9-6(8)10/h1H2,2-4H3,(H3,8,9,10). The molecule has 0 aromatic rings. The number of nitrogens with zero attached hydrogens (tertiary/aromatic N) is 1. The first kappa shape index (κ1) is 9.56. The van der Waals surface area contributed by atoms with E-state index >= 15 is 0 Å². The molecule has 0 aliphatic heterocycles. The van der Waals surface area contributed by atoms with E-state index < -0.39 is 0 Å². The van der Waals surface area contributed by atoms with E-state index in [1.807, 2.05) is 20.8 Å². The summed E-state index contributed by atoms with van der Waals surface area (Å²) < 4.78 is 0. The number of aliphatic imine (C=N–C) groups is 1. The largest absolute Gasteiger partial charge is 0.378 e. The molecule has 0 aromatic carbocycles. The Labute approximate surface area is 67.6 Å². The summed E-state index contributed by atoms with van der Waals surface area (Å²) >= 11 is 3.84. The van der Waals surface area contributed by atoms with E-state index in [4.69, 9.17) is 5.73 Å². The maximum absolute atomic E-state index is 5.24. The van der Waals surface area contributed by atoms with Crippen molar-refractivity contribution >= 4 is 17.8 Å². The van der Waals surface area contributed by atoms with Crippen LogP contribution in [0, 0.1) is 5.41 Å². The van der Waals surface area contributed by atoms with Crippen LogP contribution in [0.1, 0.15) is 20.8 Å². The smallest absolute Gasteiger partial charge is 0.155 e. The lowest BCUT2D eigenvalue weighted by Crippen LogP contribution is -2.10. The van der Waals surface area contributed by atoms with Crippen molar-refractivity contribution in [2.45, 2.75) is 20.8 Å². The summed E-state index contributed by atoms with van der Waals surface area (Å²) in [5.74, 6) is 0. The number of nitrogens with two attached hydrogens (primary N) is 1. The van der Waals surface area contributed by atoms with E-state index in [-0.39, 0.29) is 10.6 Å². The van der Waals surface area contributed by atoms with Crippen molar-refractivity contribution < 1.29 is 0 Å². The number of amidine groups is 1. The minimum absolute atomic E-state index is 0.0205. The van der Waals surface area contributed by atoms with Crippen molar-refractivity contribution in [3.05, 3.63) is 12.3 Å². The molecule has 0 saturated heterocycles. The SMILES string of the molecule is C=C(/N=C(/N)S)C(C)(C)C. The summed E-state index contributed by atoms with van der Waals surface area (Å²) in [5, 5.41) is 0.264. The molecule has 58 valence electrons. The average molecular weight is 158 g/mol. The molecular weight excluding hydrogens is 144 g/mol. The molecule has 10 heavy (non-hydrogen) atoms. The summed E-state index contributed by atoms with van der Waals surface area (Å²) in [6, 6.07) is 0. The van der Waals surface area contributed by atoms with Crippen molar-refractivity contribution in [1.29, 1.82) is 0 Å². The molecule has 2 N–H and O–H groups in total. The van der Waals surface area contributed by atoms with Crippen LogP contribution in [0.15, 0.2) is 17.3 Å². The zero-order valence-electron chi connectivity index (χ0n) is 6.68. The Morgan fingerprint density at radius 3 is 2.00 bits per heavy atom. The highest BCUT2D eigenvalue weighted by molar-refractivity contribution is 7.96. The summed E-state index contributed by atoms with van der Waals surface area (Å²) in [4.78, 5) is 3.91. The van der Waals surface area contributed by atoms with Crippen molar-refractivity contribution in [2.24, 2.45) is 16.1 Å². The predicted octanol–water partition coefficient (Wildman–Crippen LogP) is 1.79. The fraction of sp³-hybridized carbons (Fsp3) is 0.571. The van der Waals surface area contributed by atoms with Crippen LogP contribution in [0.2, 0.25) is 0 Å². The van der Waals surface area contributed by atoms with Gasteiger partial charge in [-0.25, -0.2) is 4.99 Å². The molecule has 0 amide bonds. The van der Waals surface area contributed by atoms with Crippen LogP contribution in [0.5, 0.6) is 0 Å². The van der Waals surface area contributed by atoms with Crippen LogP contribution in [-0.4, -0.2) is 5.17 Å². The summed E-state index contributed by atoms with van der Waals surface area (Å²) in [6.07, 6.45) is 0. The van der Waals surface area contributed by atoms with Crippen molar-refractivity contribution in [1.82, 2.24) is 0 Å². The van der Waals surface area contributed by atoms with Gasteiger partial charge in [0.2, 0.25) is 0 Å². The Balaban J connectivity index is 4.27. The molecule has 0 aromatic heterocycles. The third kappa shape index (κ3) is 3.56. The van der Waals surface area contributed by atoms with Gasteiger partial charge in [0.1, 0.15) is 0 Å². The molecule has 2 nitrogen and oxygen atoms in total. The number of thiol groups is 1. The van der Waals surface area contributed by atoms with Gasteiger partial charge in [-0.3, -0.25) is 0 Å². The first-order valence-electron chi connectivity index (χ1n) is 3.06. The minimum Gasteiger partial charge on any atom is -0.378 e. The Morgan fingerprint density at radius 1 is 1.50 bits per heavy atom. The maximum atomic E-state index is 5.24. The summed E-state index contributed by atoms with van der Waals surface area (Å²) in [5.41, 5.74) is 5.97. The topological polar surface area (TPSA) is 38.4 Å². The van der Waals surface area contributed by atoms with Crippen molar-refractivity contribution in [2.75, 3.05) is 0 Å². The Bertz CT molecular complexity index is 161. The lowest BCUT2D eigenvalue weighted by atomic mass is 9.93. The first-order chi connectivity index (χ1) is 4.34. The molecule has 3 heteroatoms. The van der Waals surface area contributed by atoms with Crippen LogP contribution in [0.25, 0.3) is 0 Å².